The summed E-state index contributed by atoms with van der Waals surface area (Å²) in [5, 5.41) is 0. The van der Waals surface area contributed by atoms with Crippen LogP contribution in [0.4, 0.5) is 0 Å². The Kier molecular flexibility index (Phi) is 23.8. The first-order valence-corrected chi connectivity index (χ1v) is 0.816. The predicted molar refractivity (Wildman–Crippen MR) is 15.6 cm³/mol. The molecule has 0 spiro atoms. The summed E-state index contributed by atoms with van der Waals surface area (Å²) in [6, 6.07) is 0. The average Bonchev–Trinajstić information content (AvgIpc) is 0.918. The smallest absolute Gasteiger partial charge is 0.245 e. The van der Waals surface area contributed by atoms with Gasteiger partial charge in [-0.3, -0.25) is 0 Å². The standard InChI is InChI=1S/C3H5.Li/c1-3-2;/h3H,1-2H2;/q-1;+1. The first kappa shape index (κ1) is 8.88. The molecule has 0 fully saturated rings. The van der Waals surface area contributed by atoms with Crippen molar-refractivity contribution in [3.63, 3.8) is 0 Å². The third kappa shape index (κ3) is 74.8. The maximum atomic E-state index is 3.25. The van der Waals surface area contributed by atoms with Gasteiger partial charge in [0.1, 0.15) is 0 Å². The van der Waals surface area contributed by atoms with Crippen molar-refractivity contribution in [1.29, 1.82) is 0 Å². The van der Waals surface area contributed by atoms with Crippen LogP contribution in [0.15, 0.2) is 12.7 Å². The fourth-order valence-corrected chi connectivity index (χ4v) is 0. The van der Waals surface area contributed by atoms with Gasteiger partial charge in [-0.25, -0.2) is 19.6 Å². The summed E-state index contributed by atoms with van der Waals surface area (Å²) in [4.78, 5) is 0. The summed E-state index contributed by atoms with van der Waals surface area (Å²) in [5.41, 5.74) is 0. The molecule has 0 saturated heterocycles. The Balaban J connectivity index is 0. The summed E-state index contributed by atoms with van der Waals surface area (Å²) in [6.07, 6.45) is 1.50. The van der Waals surface area contributed by atoms with Gasteiger partial charge in [0.25, 0.3) is 0 Å². The SMILES string of the molecule is C=C[CH2-].[Li+]. The van der Waals surface area contributed by atoms with Gasteiger partial charge in [-0.2, -0.15) is 0 Å². The summed E-state index contributed by atoms with van der Waals surface area (Å²) in [7, 11) is 0. The third-order valence-electron chi connectivity index (χ3n) is 0. The molecule has 4 heavy (non-hydrogen) atoms. The van der Waals surface area contributed by atoms with Gasteiger partial charge in [-0.15, -0.1) is 0 Å². The summed E-state index contributed by atoms with van der Waals surface area (Å²) in [5.74, 6) is 0. The molecule has 1 heteroatoms. The van der Waals surface area contributed by atoms with E-state index in [1.165, 1.54) is 6.08 Å². The quantitative estimate of drug-likeness (QED) is 0.219. The molecule has 18 valence electrons. The van der Waals surface area contributed by atoms with E-state index in [4.69, 9.17) is 0 Å². The van der Waals surface area contributed by atoms with Crippen molar-refractivity contribution >= 4 is 0 Å². The minimum atomic E-state index is 0. The van der Waals surface area contributed by atoms with E-state index >= 15 is 0 Å². The summed E-state index contributed by atoms with van der Waals surface area (Å²) in [6.45, 7) is 6.50. The van der Waals surface area contributed by atoms with Crippen molar-refractivity contribution in [2.45, 2.75) is 0 Å². The van der Waals surface area contributed by atoms with E-state index in [9.17, 15) is 0 Å². The Hall–Kier alpha value is 0.207. The van der Waals surface area contributed by atoms with Crippen molar-refractivity contribution in [2.75, 3.05) is 0 Å². The Morgan fingerprint density at radius 3 is 1.75 bits per heavy atom. The third-order valence-corrected chi connectivity index (χ3v) is 0. The Bertz CT molecular complexity index is 10.8. The van der Waals surface area contributed by atoms with E-state index in [0.717, 1.165) is 0 Å². The second-order valence-corrected chi connectivity index (χ2v) is 0.289. The van der Waals surface area contributed by atoms with Crippen molar-refractivity contribution in [3.05, 3.63) is 19.6 Å². The van der Waals surface area contributed by atoms with E-state index in [0.29, 0.717) is 0 Å². The molecule has 0 bridgehead atoms. The van der Waals surface area contributed by atoms with E-state index in [2.05, 4.69) is 13.5 Å². The minimum absolute atomic E-state index is 0. The maximum absolute atomic E-state index is 3.25. The Morgan fingerprint density at radius 1 is 1.75 bits per heavy atom. The molecule has 0 atom stereocenters. The second kappa shape index (κ2) is 10.7. The molecule has 0 aliphatic heterocycles. The van der Waals surface area contributed by atoms with Crippen molar-refractivity contribution in [3.8, 4) is 0 Å². The van der Waals surface area contributed by atoms with Crippen LogP contribution < -0.4 is 18.9 Å². The second-order valence-electron chi connectivity index (χ2n) is 0.289. The average molecular weight is 48.0 g/mol. The molecule has 0 amide bonds. The van der Waals surface area contributed by atoms with E-state index < -0.39 is 0 Å². The molecular formula is C3H5Li. The van der Waals surface area contributed by atoms with Crippen LogP contribution in [0.25, 0.3) is 0 Å². The van der Waals surface area contributed by atoms with Crippen LogP contribution in [-0.2, 0) is 0 Å². The number of allylic oxidation sites excluding steroid dienone is 1. The van der Waals surface area contributed by atoms with Crippen LogP contribution >= 0.6 is 0 Å². The largest absolute Gasteiger partial charge is 1.00 e. The molecule has 0 aliphatic carbocycles. The van der Waals surface area contributed by atoms with E-state index in [1.54, 1.807) is 0 Å². The molecule has 0 radical (unpaired) electrons. The van der Waals surface area contributed by atoms with Gasteiger partial charge >= 0.3 is 18.9 Å². The van der Waals surface area contributed by atoms with Gasteiger partial charge in [-0.05, 0) is 0 Å². The number of rotatable bonds is 0. The maximum Gasteiger partial charge on any atom is 1.00 e. The molecule has 0 aromatic heterocycles. The Morgan fingerprint density at radius 2 is 1.75 bits per heavy atom. The van der Waals surface area contributed by atoms with E-state index in [-0.39, 0.29) is 18.9 Å². The zero-order chi connectivity index (χ0) is 2.71. The molecule has 0 aromatic carbocycles. The molecule has 0 rings (SSSR count). The van der Waals surface area contributed by atoms with Gasteiger partial charge in [0.05, 0.1) is 0 Å². The topological polar surface area (TPSA) is 0 Å². The number of hydrogen-bond acceptors (Lipinski definition) is 0. The summed E-state index contributed by atoms with van der Waals surface area (Å²) >= 11 is 0. The zero-order valence-electron chi connectivity index (χ0n) is 2.99. The van der Waals surface area contributed by atoms with Gasteiger partial charge in [0.2, 0.25) is 0 Å². The van der Waals surface area contributed by atoms with E-state index in [1.807, 2.05) is 0 Å². The normalized spacial score (nSPS) is 3.00. The molecule has 0 N–H and O–H groups in total. The predicted octanol–water partition coefficient (Wildman–Crippen LogP) is -1.99. The molecule has 0 aromatic rings. The number of hydrogen-bond donors (Lipinski definition) is 0. The van der Waals surface area contributed by atoms with Crippen LogP contribution in [0.3, 0.4) is 0 Å². The molecule has 0 saturated carbocycles. The molecule has 0 heterocycles. The van der Waals surface area contributed by atoms with Gasteiger partial charge < -0.3 is 0 Å². The van der Waals surface area contributed by atoms with Crippen LogP contribution in [0, 0.1) is 6.92 Å². The van der Waals surface area contributed by atoms with Crippen molar-refractivity contribution < 1.29 is 18.9 Å². The van der Waals surface area contributed by atoms with Crippen LogP contribution in [0.5, 0.6) is 0 Å². The Labute approximate surface area is 39.1 Å². The van der Waals surface area contributed by atoms with Gasteiger partial charge in [-0.1, -0.05) is 0 Å². The first-order valence-electron chi connectivity index (χ1n) is 0.816. The van der Waals surface area contributed by atoms with Crippen molar-refractivity contribution in [1.82, 2.24) is 0 Å². The molecule has 0 aliphatic rings. The van der Waals surface area contributed by atoms with Gasteiger partial charge in [0.15, 0.2) is 0 Å². The summed E-state index contributed by atoms with van der Waals surface area (Å²) < 4.78 is 0. The van der Waals surface area contributed by atoms with Crippen LogP contribution in [0.1, 0.15) is 0 Å². The fraction of sp³-hybridized carbons (Fsp3) is 0. The zero-order valence-corrected chi connectivity index (χ0v) is 2.99. The van der Waals surface area contributed by atoms with Crippen molar-refractivity contribution in [2.24, 2.45) is 0 Å². The first-order chi connectivity index (χ1) is 1.41. The fourth-order valence-electron chi connectivity index (χ4n) is 0. The minimum Gasteiger partial charge on any atom is -0.245 e. The molecular weight excluding hydrogens is 43.0 g/mol. The van der Waals surface area contributed by atoms with Gasteiger partial charge in [0, 0.05) is 0 Å². The molecule has 0 unspecified atom stereocenters. The monoisotopic (exact) mass is 48.1 g/mol. The van der Waals surface area contributed by atoms with Crippen LogP contribution in [-0.4, -0.2) is 0 Å². The van der Waals surface area contributed by atoms with Crippen LogP contribution in [0.2, 0.25) is 0 Å². The molecule has 0 nitrogen and oxygen atoms in total.